The lowest BCUT2D eigenvalue weighted by molar-refractivity contribution is -0.121. The zero-order valence-corrected chi connectivity index (χ0v) is 11.6. The number of hydrogen-bond acceptors (Lipinski definition) is 5. The summed E-state index contributed by atoms with van der Waals surface area (Å²) in [5, 5.41) is 6.41. The minimum Gasteiger partial charge on any atom is -0.383 e. The summed E-state index contributed by atoms with van der Waals surface area (Å²) >= 11 is 0. The minimum absolute atomic E-state index is 0.127. The van der Waals surface area contributed by atoms with Crippen LogP contribution in [0.25, 0.3) is 11.4 Å². The quantitative estimate of drug-likeness (QED) is 0.784. The smallest absolute Gasteiger partial charge is 0.227 e. The molecule has 2 aromatic rings. The van der Waals surface area contributed by atoms with Crippen LogP contribution in [-0.4, -0.2) is 36.3 Å². The Morgan fingerprint density at radius 2 is 2.24 bits per heavy atom. The van der Waals surface area contributed by atoms with Crippen LogP contribution in [0.1, 0.15) is 12.3 Å². The topological polar surface area (TPSA) is 77.2 Å². The van der Waals surface area contributed by atoms with E-state index in [1.165, 1.54) is 6.07 Å². The maximum Gasteiger partial charge on any atom is 0.227 e. The summed E-state index contributed by atoms with van der Waals surface area (Å²) in [6, 6.07) is 6.18. The summed E-state index contributed by atoms with van der Waals surface area (Å²) in [7, 11) is 1.56. The number of benzene rings is 1. The Bertz CT molecular complexity index is 601. The summed E-state index contributed by atoms with van der Waals surface area (Å²) in [6.45, 7) is 0.920. The summed E-state index contributed by atoms with van der Waals surface area (Å²) in [6.07, 6.45) is 0.531. The van der Waals surface area contributed by atoms with Gasteiger partial charge in [0.25, 0.3) is 0 Å². The van der Waals surface area contributed by atoms with E-state index in [2.05, 4.69) is 15.5 Å². The molecule has 0 atom stereocenters. The maximum atomic E-state index is 13.6. The molecule has 0 bridgehead atoms. The largest absolute Gasteiger partial charge is 0.383 e. The monoisotopic (exact) mass is 293 g/mol. The normalized spacial score (nSPS) is 10.6. The van der Waals surface area contributed by atoms with Crippen molar-refractivity contribution in [2.75, 3.05) is 20.3 Å². The fourth-order valence-electron chi connectivity index (χ4n) is 1.71. The van der Waals surface area contributed by atoms with E-state index in [1.54, 1.807) is 25.3 Å². The van der Waals surface area contributed by atoms with Gasteiger partial charge in [-0.1, -0.05) is 17.3 Å². The van der Waals surface area contributed by atoms with Crippen molar-refractivity contribution in [2.24, 2.45) is 0 Å². The molecule has 0 aliphatic heterocycles. The fraction of sp³-hybridized carbons (Fsp3) is 0.357. The van der Waals surface area contributed by atoms with Crippen LogP contribution >= 0.6 is 0 Å². The molecule has 112 valence electrons. The molecule has 0 fully saturated rings. The molecule has 0 aliphatic carbocycles. The number of hydrogen-bond donors (Lipinski definition) is 1. The molecule has 1 amide bonds. The summed E-state index contributed by atoms with van der Waals surface area (Å²) in [4.78, 5) is 15.6. The van der Waals surface area contributed by atoms with Crippen molar-refractivity contribution in [3.63, 3.8) is 0 Å². The molecular weight excluding hydrogens is 277 g/mol. The molecule has 0 spiro atoms. The molecule has 0 unspecified atom stereocenters. The number of aryl methyl sites for hydroxylation is 1. The highest BCUT2D eigenvalue weighted by Gasteiger charge is 2.13. The highest BCUT2D eigenvalue weighted by Crippen LogP contribution is 2.19. The predicted molar refractivity (Wildman–Crippen MR) is 72.9 cm³/mol. The van der Waals surface area contributed by atoms with Gasteiger partial charge in [-0.2, -0.15) is 4.98 Å². The van der Waals surface area contributed by atoms with Crippen LogP contribution in [-0.2, 0) is 16.0 Å². The van der Waals surface area contributed by atoms with Crippen LogP contribution in [0.3, 0.4) is 0 Å². The van der Waals surface area contributed by atoms with Crippen LogP contribution in [0, 0.1) is 5.82 Å². The first kappa shape index (κ1) is 15.1. The Morgan fingerprint density at radius 1 is 1.43 bits per heavy atom. The number of halogens is 1. The molecule has 21 heavy (non-hydrogen) atoms. The van der Waals surface area contributed by atoms with E-state index in [1.807, 2.05) is 0 Å². The van der Waals surface area contributed by atoms with Crippen molar-refractivity contribution in [3.05, 3.63) is 36.0 Å². The zero-order chi connectivity index (χ0) is 15.1. The third-order valence-corrected chi connectivity index (χ3v) is 2.78. The molecule has 6 nitrogen and oxygen atoms in total. The van der Waals surface area contributed by atoms with E-state index in [0.29, 0.717) is 25.5 Å². The number of ether oxygens (including phenoxy) is 1. The highest BCUT2D eigenvalue weighted by molar-refractivity contribution is 5.76. The number of methoxy groups -OCH3 is 1. The van der Waals surface area contributed by atoms with Crippen LogP contribution in [0.2, 0.25) is 0 Å². The van der Waals surface area contributed by atoms with E-state index in [0.717, 1.165) is 0 Å². The molecule has 0 saturated carbocycles. The molecule has 0 saturated heterocycles. The lowest BCUT2D eigenvalue weighted by atomic mass is 10.2. The van der Waals surface area contributed by atoms with Gasteiger partial charge < -0.3 is 14.6 Å². The van der Waals surface area contributed by atoms with Gasteiger partial charge in [0, 0.05) is 26.5 Å². The Kier molecular flexibility index (Phi) is 5.39. The summed E-state index contributed by atoms with van der Waals surface area (Å²) in [5.74, 6) is -0.0575. The Balaban J connectivity index is 1.89. The lowest BCUT2D eigenvalue weighted by Gasteiger charge is -2.02. The molecule has 7 heteroatoms. The van der Waals surface area contributed by atoms with Gasteiger partial charge in [0.2, 0.25) is 17.6 Å². The number of aromatic nitrogens is 2. The molecule has 1 N–H and O–H groups in total. The van der Waals surface area contributed by atoms with Crippen LogP contribution in [0.4, 0.5) is 4.39 Å². The van der Waals surface area contributed by atoms with E-state index < -0.39 is 5.82 Å². The molecule has 1 aromatic carbocycles. The van der Waals surface area contributed by atoms with Crippen molar-refractivity contribution in [1.29, 1.82) is 0 Å². The number of amides is 1. The van der Waals surface area contributed by atoms with Crippen molar-refractivity contribution in [2.45, 2.75) is 12.8 Å². The second-order valence-electron chi connectivity index (χ2n) is 4.33. The highest BCUT2D eigenvalue weighted by atomic mass is 19.1. The van der Waals surface area contributed by atoms with Gasteiger partial charge in [0.05, 0.1) is 12.2 Å². The van der Waals surface area contributed by atoms with E-state index in [9.17, 15) is 9.18 Å². The summed E-state index contributed by atoms with van der Waals surface area (Å²) in [5.41, 5.74) is 0.275. The Labute approximate surface area is 121 Å². The summed E-state index contributed by atoms with van der Waals surface area (Å²) < 4.78 is 23.4. The van der Waals surface area contributed by atoms with Crippen molar-refractivity contribution < 1.29 is 18.4 Å². The lowest BCUT2D eigenvalue weighted by Crippen LogP contribution is -2.27. The minimum atomic E-state index is -0.415. The van der Waals surface area contributed by atoms with E-state index in [4.69, 9.17) is 9.26 Å². The molecular formula is C14H16FN3O3. The zero-order valence-electron chi connectivity index (χ0n) is 11.6. The number of rotatable bonds is 7. The SMILES string of the molecule is COCCNC(=O)CCc1nc(-c2ccccc2F)no1. The maximum absolute atomic E-state index is 13.6. The van der Waals surface area contributed by atoms with Crippen LogP contribution in [0.15, 0.2) is 28.8 Å². The molecule has 1 heterocycles. The Morgan fingerprint density at radius 3 is 3.00 bits per heavy atom. The first-order valence-electron chi connectivity index (χ1n) is 6.54. The predicted octanol–water partition coefficient (Wildman–Crippen LogP) is 1.57. The van der Waals surface area contributed by atoms with Gasteiger partial charge in [-0.15, -0.1) is 0 Å². The third kappa shape index (κ3) is 4.35. The second-order valence-corrected chi connectivity index (χ2v) is 4.33. The fourth-order valence-corrected chi connectivity index (χ4v) is 1.71. The van der Waals surface area contributed by atoms with Gasteiger partial charge in [0.15, 0.2) is 0 Å². The number of nitrogens with zero attached hydrogens (tertiary/aromatic N) is 2. The van der Waals surface area contributed by atoms with Crippen molar-refractivity contribution >= 4 is 5.91 Å². The average molecular weight is 293 g/mol. The third-order valence-electron chi connectivity index (χ3n) is 2.78. The van der Waals surface area contributed by atoms with Gasteiger partial charge in [-0.05, 0) is 12.1 Å². The van der Waals surface area contributed by atoms with Crippen molar-refractivity contribution in [1.82, 2.24) is 15.5 Å². The van der Waals surface area contributed by atoms with Crippen LogP contribution in [0.5, 0.6) is 0 Å². The molecule has 2 rings (SSSR count). The first-order chi connectivity index (χ1) is 10.2. The van der Waals surface area contributed by atoms with Gasteiger partial charge in [0.1, 0.15) is 5.82 Å². The van der Waals surface area contributed by atoms with Gasteiger partial charge >= 0.3 is 0 Å². The number of carbonyl (C=O) groups is 1. The molecule has 0 aliphatic rings. The number of nitrogens with one attached hydrogen (secondary N) is 1. The molecule has 0 radical (unpaired) electrons. The van der Waals surface area contributed by atoms with E-state index in [-0.39, 0.29) is 23.7 Å². The standard InChI is InChI=1S/C14H16FN3O3/c1-20-9-8-16-12(19)6-7-13-17-14(18-21-13)10-4-2-3-5-11(10)15/h2-5H,6-9H2,1H3,(H,16,19). The van der Waals surface area contributed by atoms with Crippen molar-refractivity contribution in [3.8, 4) is 11.4 Å². The number of carbonyl (C=O) groups excluding carboxylic acids is 1. The van der Waals surface area contributed by atoms with Gasteiger partial charge in [-0.25, -0.2) is 4.39 Å². The first-order valence-corrected chi connectivity index (χ1v) is 6.54. The van der Waals surface area contributed by atoms with Crippen LogP contribution < -0.4 is 5.32 Å². The van der Waals surface area contributed by atoms with Gasteiger partial charge in [-0.3, -0.25) is 4.79 Å². The Hall–Kier alpha value is -2.28. The second kappa shape index (κ2) is 7.49. The van der Waals surface area contributed by atoms with E-state index >= 15 is 0 Å². The average Bonchev–Trinajstić information content (AvgIpc) is 2.94. The molecule has 1 aromatic heterocycles.